The smallest absolute Gasteiger partial charge is 0.252 e. The van der Waals surface area contributed by atoms with Gasteiger partial charge in [-0.1, -0.05) is 84.9 Å². The maximum Gasteiger partial charge on any atom is 0.252 e. The van der Waals surface area contributed by atoms with Crippen LogP contribution < -0.4 is 25.8 Å². The fraction of sp³-hybridized carbons (Fsp3) is 0.171. The van der Waals surface area contributed by atoms with Gasteiger partial charge in [-0.15, -0.1) is 0 Å². The molecule has 0 saturated carbocycles. The summed E-state index contributed by atoms with van der Waals surface area (Å²) in [6, 6.07) is 35.6. The van der Waals surface area contributed by atoms with E-state index in [2.05, 4.69) is 53.1 Å². The van der Waals surface area contributed by atoms with E-state index in [4.69, 9.17) is 15.2 Å². The van der Waals surface area contributed by atoms with Crippen molar-refractivity contribution in [3.05, 3.63) is 143 Å². The molecule has 0 spiro atoms. The molecule has 0 fully saturated rings. The van der Waals surface area contributed by atoms with Crippen molar-refractivity contribution in [3.8, 4) is 11.5 Å². The Morgan fingerprint density at radius 3 is 2.29 bits per heavy atom. The van der Waals surface area contributed by atoms with Crippen LogP contribution in [0, 0.1) is 13.8 Å². The van der Waals surface area contributed by atoms with E-state index in [-0.39, 0.29) is 24.6 Å². The number of nitrogens with two attached hydrogens (primary N) is 1. The molecule has 4 N–H and O–H groups in total. The molecular formula is C41H37N3O4. The number of hydrogen-bond donors (Lipinski definition) is 3. The summed E-state index contributed by atoms with van der Waals surface area (Å²) in [6.45, 7) is 6.00. The fourth-order valence-corrected chi connectivity index (χ4v) is 6.63. The standard InChI is InChI=1S/C41H37N3O4/c1-24-14-16-30(42)21-37(24)44-41(46)36(34-13-6-9-28-8-4-5-11-32(28)34)20-27-15-17-33-29(19-27)10-7-12-31(33)26(3)43-40(45)35-22-39-38(18-25(35)2)47-23-48-39/h4-19,21-22,26,36H,20,23,42H2,1-3H3,(H,43,45)(H,44,46)/t26-,36?/m1/s1. The number of carbonyl (C=O) groups excluding carboxylic acids is 2. The number of rotatable bonds is 8. The van der Waals surface area contributed by atoms with Crippen LogP contribution in [-0.2, 0) is 11.2 Å². The number of benzene rings is 6. The van der Waals surface area contributed by atoms with Gasteiger partial charge < -0.3 is 25.8 Å². The molecule has 0 bridgehead atoms. The van der Waals surface area contributed by atoms with E-state index in [9.17, 15) is 9.59 Å². The molecule has 7 rings (SSSR count). The van der Waals surface area contributed by atoms with Gasteiger partial charge in [0.1, 0.15) is 0 Å². The second-order valence-corrected chi connectivity index (χ2v) is 12.5. The van der Waals surface area contributed by atoms with Crippen molar-refractivity contribution in [2.45, 2.75) is 39.2 Å². The van der Waals surface area contributed by atoms with Crippen LogP contribution in [0.2, 0.25) is 0 Å². The molecule has 0 saturated heterocycles. The zero-order valence-corrected chi connectivity index (χ0v) is 27.2. The van der Waals surface area contributed by atoms with E-state index in [0.717, 1.165) is 49.4 Å². The molecule has 0 radical (unpaired) electrons. The van der Waals surface area contributed by atoms with E-state index in [0.29, 0.717) is 34.9 Å². The van der Waals surface area contributed by atoms with Gasteiger partial charge in [-0.2, -0.15) is 0 Å². The average molecular weight is 636 g/mol. The van der Waals surface area contributed by atoms with Gasteiger partial charge in [0.05, 0.1) is 12.0 Å². The zero-order valence-electron chi connectivity index (χ0n) is 27.2. The third-order valence-electron chi connectivity index (χ3n) is 9.23. The normalized spacial score (nSPS) is 13.3. The molecule has 1 aliphatic rings. The first-order valence-electron chi connectivity index (χ1n) is 16.1. The number of amides is 2. The minimum atomic E-state index is -0.458. The number of fused-ring (bicyclic) bond motifs is 3. The lowest BCUT2D eigenvalue weighted by Gasteiger charge is -2.21. The molecule has 7 nitrogen and oxygen atoms in total. The Morgan fingerprint density at radius 2 is 1.46 bits per heavy atom. The van der Waals surface area contributed by atoms with Crippen molar-refractivity contribution >= 4 is 44.7 Å². The van der Waals surface area contributed by atoms with E-state index in [1.165, 1.54) is 0 Å². The lowest BCUT2D eigenvalue weighted by Crippen LogP contribution is -2.27. The maximum atomic E-state index is 14.1. The molecule has 1 unspecified atom stereocenters. The summed E-state index contributed by atoms with van der Waals surface area (Å²) in [4.78, 5) is 27.5. The number of nitrogen functional groups attached to an aromatic ring is 1. The molecule has 0 aliphatic carbocycles. The maximum absolute atomic E-state index is 14.1. The van der Waals surface area contributed by atoms with E-state index in [1.807, 2.05) is 75.4 Å². The molecule has 48 heavy (non-hydrogen) atoms. The predicted molar refractivity (Wildman–Crippen MR) is 192 cm³/mol. The predicted octanol–water partition coefficient (Wildman–Crippen LogP) is 8.38. The van der Waals surface area contributed by atoms with Crippen LogP contribution in [0.1, 0.15) is 57.1 Å². The Labute approximate surface area is 279 Å². The van der Waals surface area contributed by atoms with Crippen molar-refractivity contribution in [2.24, 2.45) is 0 Å². The van der Waals surface area contributed by atoms with Crippen molar-refractivity contribution in [1.82, 2.24) is 5.32 Å². The van der Waals surface area contributed by atoms with Crippen molar-refractivity contribution in [1.29, 1.82) is 0 Å². The molecule has 6 aromatic rings. The van der Waals surface area contributed by atoms with Crippen molar-refractivity contribution < 1.29 is 19.1 Å². The van der Waals surface area contributed by atoms with Gasteiger partial charge in [0, 0.05) is 16.9 Å². The van der Waals surface area contributed by atoms with Crippen LogP contribution in [0.4, 0.5) is 11.4 Å². The first-order chi connectivity index (χ1) is 23.2. The summed E-state index contributed by atoms with van der Waals surface area (Å²) in [6.07, 6.45) is 0.497. The molecule has 2 amide bonds. The lowest BCUT2D eigenvalue weighted by atomic mass is 9.86. The van der Waals surface area contributed by atoms with Crippen LogP contribution >= 0.6 is 0 Å². The number of anilines is 2. The van der Waals surface area contributed by atoms with Gasteiger partial charge in [-0.25, -0.2) is 0 Å². The molecule has 6 aromatic carbocycles. The Hall–Kier alpha value is -5.82. The Balaban J connectivity index is 1.19. The highest BCUT2D eigenvalue weighted by molar-refractivity contribution is 6.01. The van der Waals surface area contributed by atoms with E-state index in [1.54, 1.807) is 12.1 Å². The SMILES string of the molecule is Cc1ccc(N)cc1NC(=O)C(Cc1ccc2c([C@@H](C)NC(=O)c3cc4c(cc3C)OCO4)cccc2c1)c1cccc2ccccc12. The van der Waals surface area contributed by atoms with Crippen molar-refractivity contribution in [2.75, 3.05) is 17.8 Å². The fourth-order valence-electron chi connectivity index (χ4n) is 6.63. The molecule has 240 valence electrons. The number of ether oxygens (including phenoxy) is 2. The number of nitrogens with one attached hydrogen (secondary N) is 2. The monoisotopic (exact) mass is 635 g/mol. The first-order valence-corrected chi connectivity index (χ1v) is 16.1. The van der Waals surface area contributed by atoms with Crippen LogP contribution in [0.5, 0.6) is 11.5 Å². The molecule has 0 aromatic heterocycles. The molecule has 2 atom stereocenters. The number of carbonyl (C=O) groups is 2. The quantitative estimate of drug-likeness (QED) is 0.146. The average Bonchev–Trinajstić information content (AvgIpc) is 3.55. The lowest BCUT2D eigenvalue weighted by molar-refractivity contribution is -0.117. The highest BCUT2D eigenvalue weighted by atomic mass is 16.7. The van der Waals surface area contributed by atoms with Crippen molar-refractivity contribution in [3.63, 3.8) is 0 Å². The second-order valence-electron chi connectivity index (χ2n) is 12.5. The molecule has 7 heteroatoms. The van der Waals surface area contributed by atoms with Crippen LogP contribution in [-0.4, -0.2) is 18.6 Å². The highest BCUT2D eigenvalue weighted by Crippen LogP contribution is 2.36. The molecule has 1 heterocycles. The first kappa shape index (κ1) is 30.8. The minimum absolute atomic E-state index is 0.0935. The van der Waals surface area contributed by atoms with Gasteiger partial charge in [0.15, 0.2) is 11.5 Å². The Bertz CT molecular complexity index is 2200. The second kappa shape index (κ2) is 12.8. The summed E-state index contributed by atoms with van der Waals surface area (Å²) >= 11 is 0. The Morgan fingerprint density at radius 1 is 0.750 bits per heavy atom. The largest absolute Gasteiger partial charge is 0.454 e. The van der Waals surface area contributed by atoms with Gasteiger partial charge in [-0.05, 0) is 101 Å². The molecule has 1 aliphatic heterocycles. The van der Waals surface area contributed by atoms with Crippen LogP contribution in [0.25, 0.3) is 21.5 Å². The Kier molecular flexibility index (Phi) is 8.19. The molecular weight excluding hydrogens is 598 g/mol. The van der Waals surface area contributed by atoms with Crippen LogP contribution in [0.15, 0.2) is 109 Å². The van der Waals surface area contributed by atoms with Gasteiger partial charge >= 0.3 is 0 Å². The third kappa shape index (κ3) is 6.02. The topological polar surface area (TPSA) is 103 Å². The van der Waals surface area contributed by atoms with Gasteiger partial charge in [-0.3, -0.25) is 9.59 Å². The van der Waals surface area contributed by atoms with E-state index < -0.39 is 5.92 Å². The summed E-state index contributed by atoms with van der Waals surface area (Å²) in [5.74, 6) is 0.507. The highest BCUT2D eigenvalue weighted by Gasteiger charge is 2.25. The van der Waals surface area contributed by atoms with Gasteiger partial charge in [0.2, 0.25) is 12.7 Å². The zero-order chi connectivity index (χ0) is 33.4. The van der Waals surface area contributed by atoms with Gasteiger partial charge in [0.25, 0.3) is 5.91 Å². The number of hydrogen-bond acceptors (Lipinski definition) is 5. The van der Waals surface area contributed by atoms with Crippen LogP contribution in [0.3, 0.4) is 0 Å². The summed E-state index contributed by atoms with van der Waals surface area (Å²) < 4.78 is 11.0. The minimum Gasteiger partial charge on any atom is -0.454 e. The van der Waals surface area contributed by atoms with E-state index >= 15 is 0 Å². The third-order valence-corrected chi connectivity index (χ3v) is 9.23. The number of aryl methyl sites for hydroxylation is 2. The summed E-state index contributed by atoms with van der Waals surface area (Å²) in [5, 5.41) is 10.6. The summed E-state index contributed by atoms with van der Waals surface area (Å²) in [7, 11) is 0. The summed E-state index contributed by atoms with van der Waals surface area (Å²) in [5.41, 5.74) is 12.7.